The van der Waals surface area contributed by atoms with Crippen molar-refractivity contribution in [1.82, 2.24) is 10.2 Å². The van der Waals surface area contributed by atoms with E-state index in [9.17, 15) is 5.11 Å². The van der Waals surface area contributed by atoms with Gasteiger partial charge < -0.3 is 15.2 Å². The van der Waals surface area contributed by atoms with Crippen LogP contribution in [0.15, 0.2) is 30.3 Å². The third-order valence-corrected chi connectivity index (χ3v) is 4.27. The molecule has 0 saturated carbocycles. The summed E-state index contributed by atoms with van der Waals surface area (Å²) in [4.78, 5) is 2.38. The molecule has 124 valence electrons. The molecule has 4 heteroatoms. The van der Waals surface area contributed by atoms with Gasteiger partial charge in [0.05, 0.1) is 19.3 Å². The third-order valence-electron chi connectivity index (χ3n) is 4.27. The lowest BCUT2D eigenvalue weighted by molar-refractivity contribution is 0.0202. The summed E-state index contributed by atoms with van der Waals surface area (Å²) in [6.45, 7) is 7.54. The van der Waals surface area contributed by atoms with Gasteiger partial charge in [0.1, 0.15) is 0 Å². The maximum atomic E-state index is 10.7. The molecule has 2 rings (SSSR count). The van der Waals surface area contributed by atoms with Gasteiger partial charge in [-0.25, -0.2) is 0 Å². The minimum absolute atomic E-state index is 0.0670. The molecule has 0 aliphatic carbocycles. The molecule has 1 saturated heterocycles. The highest BCUT2D eigenvalue weighted by Gasteiger charge is 2.23. The van der Waals surface area contributed by atoms with Crippen LogP contribution in [0.25, 0.3) is 0 Å². The number of nitrogens with one attached hydrogen (secondary N) is 1. The van der Waals surface area contributed by atoms with Gasteiger partial charge in [-0.1, -0.05) is 50.1 Å². The zero-order valence-corrected chi connectivity index (χ0v) is 13.7. The van der Waals surface area contributed by atoms with Crippen molar-refractivity contribution in [2.24, 2.45) is 0 Å². The molecule has 2 unspecified atom stereocenters. The second kappa shape index (κ2) is 9.95. The summed E-state index contributed by atoms with van der Waals surface area (Å²) in [7, 11) is 0. The fourth-order valence-electron chi connectivity index (χ4n) is 2.88. The minimum atomic E-state index is -0.467. The molecule has 1 aliphatic heterocycles. The number of aliphatic hydroxyl groups excluding tert-OH is 1. The van der Waals surface area contributed by atoms with Crippen molar-refractivity contribution in [3.63, 3.8) is 0 Å². The van der Waals surface area contributed by atoms with E-state index in [1.807, 2.05) is 30.3 Å². The van der Waals surface area contributed by atoms with E-state index in [1.54, 1.807) is 0 Å². The number of aliphatic hydroxyl groups is 1. The SMILES string of the molecule is CCCCCNC(CN1CCOCC1)C(O)c1ccccc1. The first-order valence-corrected chi connectivity index (χ1v) is 8.57. The van der Waals surface area contributed by atoms with Crippen LogP contribution in [0.1, 0.15) is 37.9 Å². The van der Waals surface area contributed by atoms with Crippen LogP contribution >= 0.6 is 0 Å². The fourth-order valence-corrected chi connectivity index (χ4v) is 2.88. The highest BCUT2D eigenvalue weighted by Crippen LogP contribution is 2.18. The Morgan fingerprint density at radius 1 is 1.18 bits per heavy atom. The molecule has 1 aromatic rings. The molecule has 1 aromatic carbocycles. The lowest BCUT2D eigenvalue weighted by Gasteiger charge is -2.33. The van der Waals surface area contributed by atoms with E-state index in [0.717, 1.165) is 51.4 Å². The van der Waals surface area contributed by atoms with Crippen LogP contribution in [0.2, 0.25) is 0 Å². The Labute approximate surface area is 134 Å². The van der Waals surface area contributed by atoms with Gasteiger partial charge >= 0.3 is 0 Å². The molecule has 22 heavy (non-hydrogen) atoms. The van der Waals surface area contributed by atoms with Crippen LogP contribution in [0.4, 0.5) is 0 Å². The predicted molar refractivity (Wildman–Crippen MR) is 90.0 cm³/mol. The molecule has 0 aromatic heterocycles. The summed E-state index contributed by atoms with van der Waals surface area (Å²) in [5.74, 6) is 0. The number of unbranched alkanes of at least 4 members (excludes halogenated alkanes) is 2. The van der Waals surface area contributed by atoms with Crippen LogP contribution in [0, 0.1) is 0 Å². The van der Waals surface area contributed by atoms with Crippen LogP contribution in [-0.2, 0) is 4.74 Å². The summed E-state index contributed by atoms with van der Waals surface area (Å²) in [5.41, 5.74) is 0.990. The molecule has 4 nitrogen and oxygen atoms in total. The number of benzene rings is 1. The Balaban J connectivity index is 1.93. The third kappa shape index (κ3) is 5.69. The van der Waals surface area contributed by atoms with Crippen molar-refractivity contribution >= 4 is 0 Å². The Kier molecular flexibility index (Phi) is 7.88. The van der Waals surface area contributed by atoms with Gasteiger partial charge in [0.15, 0.2) is 0 Å². The average Bonchev–Trinajstić information content (AvgIpc) is 2.59. The van der Waals surface area contributed by atoms with Gasteiger partial charge in [-0.2, -0.15) is 0 Å². The van der Waals surface area contributed by atoms with E-state index in [4.69, 9.17) is 4.74 Å². The van der Waals surface area contributed by atoms with E-state index in [2.05, 4.69) is 17.1 Å². The molecule has 1 fully saturated rings. The summed E-state index contributed by atoms with van der Waals surface area (Å²) in [5, 5.41) is 14.3. The zero-order chi connectivity index (χ0) is 15.6. The molecule has 0 amide bonds. The quantitative estimate of drug-likeness (QED) is 0.687. The second-order valence-electron chi connectivity index (χ2n) is 6.04. The highest BCUT2D eigenvalue weighted by molar-refractivity contribution is 5.19. The normalized spacial score (nSPS) is 19.0. The Bertz CT molecular complexity index is 393. The second-order valence-corrected chi connectivity index (χ2v) is 6.04. The van der Waals surface area contributed by atoms with Crippen LogP contribution < -0.4 is 5.32 Å². The van der Waals surface area contributed by atoms with Gasteiger partial charge in [0.25, 0.3) is 0 Å². The lowest BCUT2D eigenvalue weighted by Crippen LogP contribution is -2.48. The number of rotatable bonds is 9. The van der Waals surface area contributed by atoms with Crippen molar-refractivity contribution in [3.05, 3.63) is 35.9 Å². The molecular formula is C18H30N2O2. The number of ether oxygens (including phenoxy) is 1. The van der Waals surface area contributed by atoms with E-state index in [1.165, 1.54) is 12.8 Å². The fraction of sp³-hybridized carbons (Fsp3) is 0.667. The molecule has 1 aliphatic rings. The topological polar surface area (TPSA) is 44.7 Å². The van der Waals surface area contributed by atoms with Crippen LogP contribution in [-0.4, -0.2) is 55.4 Å². The summed E-state index contributed by atoms with van der Waals surface area (Å²) < 4.78 is 5.41. The number of hydrogen-bond donors (Lipinski definition) is 2. The molecule has 2 atom stereocenters. The lowest BCUT2D eigenvalue weighted by atomic mass is 10.0. The zero-order valence-electron chi connectivity index (χ0n) is 13.7. The monoisotopic (exact) mass is 306 g/mol. The first-order chi connectivity index (χ1) is 10.8. The predicted octanol–water partition coefficient (Wildman–Crippen LogP) is 2.20. The van der Waals surface area contributed by atoms with Crippen molar-refractivity contribution in [2.75, 3.05) is 39.4 Å². The molecule has 2 N–H and O–H groups in total. The largest absolute Gasteiger partial charge is 0.387 e. The first kappa shape index (κ1) is 17.4. The molecule has 0 bridgehead atoms. The molecular weight excluding hydrogens is 276 g/mol. The number of morpholine rings is 1. The van der Waals surface area contributed by atoms with Crippen LogP contribution in [0.3, 0.4) is 0 Å². The first-order valence-electron chi connectivity index (χ1n) is 8.57. The molecule has 1 heterocycles. The van der Waals surface area contributed by atoms with E-state index in [0.29, 0.717) is 0 Å². The average molecular weight is 306 g/mol. The highest BCUT2D eigenvalue weighted by atomic mass is 16.5. The van der Waals surface area contributed by atoms with Gasteiger partial charge in [-0.05, 0) is 18.5 Å². The number of nitrogens with zero attached hydrogens (tertiary/aromatic N) is 1. The Hall–Kier alpha value is -0.940. The summed E-state index contributed by atoms with van der Waals surface area (Å²) in [6, 6.07) is 10.0. The Morgan fingerprint density at radius 3 is 2.59 bits per heavy atom. The van der Waals surface area contributed by atoms with Crippen molar-refractivity contribution < 1.29 is 9.84 Å². The van der Waals surface area contributed by atoms with Gasteiger partial charge in [0, 0.05) is 25.7 Å². The van der Waals surface area contributed by atoms with E-state index in [-0.39, 0.29) is 6.04 Å². The van der Waals surface area contributed by atoms with Gasteiger partial charge in [-0.3, -0.25) is 4.90 Å². The van der Waals surface area contributed by atoms with E-state index >= 15 is 0 Å². The minimum Gasteiger partial charge on any atom is -0.387 e. The van der Waals surface area contributed by atoms with Gasteiger partial charge in [0.2, 0.25) is 0 Å². The van der Waals surface area contributed by atoms with Crippen molar-refractivity contribution in [3.8, 4) is 0 Å². The van der Waals surface area contributed by atoms with Crippen molar-refractivity contribution in [2.45, 2.75) is 38.3 Å². The summed E-state index contributed by atoms with van der Waals surface area (Å²) in [6.07, 6.45) is 3.15. The summed E-state index contributed by atoms with van der Waals surface area (Å²) >= 11 is 0. The molecule has 0 radical (unpaired) electrons. The van der Waals surface area contributed by atoms with Crippen molar-refractivity contribution in [1.29, 1.82) is 0 Å². The maximum Gasteiger partial charge on any atom is 0.0955 e. The van der Waals surface area contributed by atoms with Crippen LogP contribution in [0.5, 0.6) is 0 Å². The molecule has 0 spiro atoms. The van der Waals surface area contributed by atoms with Gasteiger partial charge in [-0.15, -0.1) is 0 Å². The smallest absolute Gasteiger partial charge is 0.0955 e. The Morgan fingerprint density at radius 2 is 1.91 bits per heavy atom. The maximum absolute atomic E-state index is 10.7. The number of hydrogen-bond acceptors (Lipinski definition) is 4. The van der Waals surface area contributed by atoms with E-state index < -0.39 is 6.10 Å². The standard InChI is InChI=1S/C18H30N2O2/c1-2-3-7-10-19-17(15-20-11-13-22-14-12-20)18(21)16-8-5-4-6-9-16/h4-6,8-9,17-19,21H,2-3,7,10-15H2,1H3.